The van der Waals surface area contributed by atoms with Crippen molar-refractivity contribution in [3.8, 4) is 0 Å². The molecule has 0 bridgehead atoms. The van der Waals surface area contributed by atoms with Gasteiger partial charge in [0.25, 0.3) is 0 Å². The van der Waals surface area contributed by atoms with Gasteiger partial charge < -0.3 is 14.7 Å². The van der Waals surface area contributed by atoms with Gasteiger partial charge in [0.2, 0.25) is 0 Å². The van der Waals surface area contributed by atoms with Gasteiger partial charge in [0.1, 0.15) is 5.60 Å². The quantitative estimate of drug-likeness (QED) is 0.847. The summed E-state index contributed by atoms with van der Waals surface area (Å²) in [5.41, 5.74) is -0.502. The maximum Gasteiger partial charge on any atom is 0.410 e. The number of ether oxygens (including phenoxy) is 1. The third-order valence-electron chi connectivity index (χ3n) is 3.54. The third kappa shape index (κ3) is 5.94. The summed E-state index contributed by atoms with van der Waals surface area (Å²) in [6, 6.07) is -0.0744. The normalized spacial score (nSPS) is 23.8. The van der Waals surface area contributed by atoms with E-state index in [4.69, 9.17) is 4.74 Å². The van der Waals surface area contributed by atoms with Crippen molar-refractivity contribution in [1.82, 2.24) is 4.90 Å². The first-order chi connectivity index (χ1) is 9.39. The molecule has 0 aromatic carbocycles. The fourth-order valence-corrected chi connectivity index (χ4v) is 2.74. The highest BCUT2D eigenvalue weighted by molar-refractivity contribution is 5.72. The van der Waals surface area contributed by atoms with Gasteiger partial charge in [-0.15, -0.1) is 0 Å². The lowest BCUT2D eigenvalue weighted by molar-refractivity contribution is -0.144. The molecule has 1 heterocycles. The van der Waals surface area contributed by atoms with Crippen molar-refractivity contribution in [2.75, 3.05) is 6.54 Å². The van der Waals surface area contributed by atoms with Crippen molar-refractivity contribution in [1.29, 1.82) is 0 Å². The van der Waals surface area contributed by atoms with Gasteiger partial charge in [-0.1, -0.05) is 20.8 Å². The number of carbonyl (C=O) groups excluding carboxylic acids is 1. The van der Waals surface area contributed by atoms with Gasteiger partial charge in [0, 0.05) is 12.6 Å². The molecule has 2 atom stereocenters. The molecule has 2 unspecified atom stereocenters. The second kappa shape index (κ2) is 6.24. The summed E-state index contributed by atoms with van der Waals surface area (Å²) in [5, 5.41) is 9.23. The van der Waals surface area contributed by atoms with Crippen LogP contribution in [0, 0.1) is 11.3 Å². The van der Waals surface area contributed by atoms with Crippen molar-refractivity contribution in [2.24, 2.45) is 11.3 Å². The summed E-state index contributed by atoms with van der Waals surface area (Å²) in [5.74, 6) is -1.13. The highest BCUT2D eigenvalue weighted by atomic mass is 16.6. The van der Waals surface area contributed by atoms with Crippen LogP contribution in [0.5, 0.6) is 0 Å². The van der Waals surface area contributed by atoms with Crippen LogP contribution in [-0.2, 0) is 9.53 Å². The number of nitrogens with zero attached hydrogens (tertiary/aromatic N) is 1. The lowest BCUT2D eigenvalue weighted by Gasteiger charge is -2.41. The first-order valence-corrected chi connectivity index (χ1v) is 7.61. The smallest absolute Gasteiger partial charge is 0.410 e. The van der Waals surface area contributed by atoms with Crippen molar-refractivity contribution in [2.45, 2.75) is 72.4 Å². The van der Waals surface area contributed by atoms with Crippen LogP contribution in [0.1, 0.15) is 60.8 Å². The Morgan fingerprint density at radius 3 is 2.19 bits per heavy atom. The molecule has 5 heteroatoms. The fourth-order valence-electron chi connectivity index (χ4n) is 2.74. The van der Waals surface area contributed by atoms with Crippen LogP contribution in [0.2, 0.25) is 0 Å². The molecular formula is C16H29NO4. The number of carboxylic acids is 1. The maximum atomic E-state index is 12.3. The second-order valence-electron chi connectivity index (χ2n) is 8.15. The molecule has 1 fully saturated rings. The molecule has 1 N–H and O–H groups in total. The van der Waals surface area contributed by atoms with Crippen LogP contribution >= 0.6 is 0 Å². The molecule has 1 aliphatic rings. The number of hydrogen-bond acceptors (Lipinski definition) is 3. The zero-order chi connectivity index (χ0) is 16.4. The van der Waals surface area contributed by atoms with E-state index in [1.807, 2.05) is 20.8 Å². The summed E-state index contributed by atoms with van der Waals surface area (Å²) in [7, 11) is 0. The SMILES string of the molecule is CC(C)(C)CC1CC(C(=O)O)CCN1C(=O)OC(C)(C)C. The Balaban J connectivity index is 2.84. The van der Waals surface area contributed by atoms with E-state index in [0.717, 1.165) is 6.42 Å². The minimum atomic E-state index is -0.766. The Morgan fingerprint density at radius 2 is 1.76 bits per heavy atom. The largest absolute Gasteiger partial charge is 0.481 e. The molecular weight excluding hydrogens is 270 g/mol. The standard InChI is InChI=1S/C16H29NO4/c1-15(2,3)10-12-9-11(13(18)19)7-8-17(12)14(20)21-16(4,5)6/h11-12H,7-10H2,1-6H3,(H,18,19). The Labute approximate surface area is 127 Å². The van der Waals surface area contributed by atoms with Crippen LogP contribution in [0.4, 0.5) is 4.79 Å². The molecule has 1 saturated heterocycles. The molecule has 0 spiro atoms. The molecule has 0 aliphatic carbocycles. The molecule has 0 radical (unpaired) electrons. The van der Waals surface area contributed by atoms with Gasteiger partial charge in [-0.05, 0) is 45.4 Å². The number of carboxylic acid groups (broad SMARTS) is 1. The van der Waals surface area contributed by atoms with Crippen LogP contribution < -0.4 is 0 Å². The van der Waals surface area contributed by atoms with Gasteiger partial charge in [-0.3, -0.25) is 4.79 Å². The summed E-state index contributed by atoms with van der Waals surface area (Å²) < 4.78 is 5.46. The summed E-state index contributed by atoms with van der Waals surface area (Å²) in [6.45, 7) is 12.3. The number of likely N-dealkylation sites (tertiary alicyclic amines) is 1. The van der Waals surface area contributed by atoms with E-state index in [1.54, 1.807) is 4.90 Å². The highest BCUT2D eigenvalue weighted by Gasteiger charge is 2.38. The molecule has 1 aliphatic heterocycles. The molecule has 5 nitrogen and oxygen atoms in total. The topological polar surface area (TPSA) is 66.8 Å². The van der Waals surface area contributed by atoms with Crippen LogP contribution in [0.25, 0.3) is 0 Å². The predicted molar refractivity (Wildman–Crippen MR) is 81.2 cm³/mol. The van der Waals surface area contributed by atoms with Gasteiger partial charge >= 0.3 is 12.1 Å². The number of aliphatic carboxylic acids is 1. The number of hydrogen-bond donors (Lipinski definition) is 1. The average molecular weight is 299 g/mol. The van der Waals surface area contributed by atoms with E-state index in [0.29, 0.717) is 19.4 Å². The van der Waals surface area contributed by atoms with Crippen molar-refractivity contribution >= 4 is 12.1 Å². The minimum Gasteiger partial charge on any atom is -0.481 e. The molecule has 1 rings (SSSR count). The minimum absolute atomic E-state index is 0.0331. The van der Waals surface area contributed by atoms with E-state index in [9.17, 15) is 14.7 Å². The Hall–Kier alpha value is -1.26. The Morgan fingerprint density at radius 1 is 1.19 bits per heavy atom. The second-order valence-corrected chi connectivity index (χ2v) is 8.15. The van der Waals surface area contributed by atoms with Crippen LogP contribution in [-0.4, -0.2) is 40.3 Å². The molecule has 1 amide bonds. The monoisotopic (exact) mass is 299 g/mol. The molecule has 0 aromatic heterocycles. The third-order valence-corrected chi connectivity index (χ3v) is 3.54. The highest BCUT2D eigenvalue weighted by Crippen LogP contribution is 2.32. The fraction of sp³-hybridized carbons (Fsp3) is 0.875. The van der Waals surface area contributed by atoms with Crippen LogP contribution in [0.15, 0.2) is 0 Å². The lowest BCUT2D eigenvalue weighted by atomic mass is 9.81. The number of piperidine rings is 1. The van der Waals surface area contributed by atoms with Gasteiger partial charge in [-0.2, -0.15) is 0 Å². The van der Waals surface area contributed by atoms with E-state index in [-0.39, 0.29) is 23.5 Å². The van der Waals surface area contributed by atoms with E-state index in [1.165, 1.54) is 0 Å². The first kappa shape index (κ1) is 17.8. The van der Waals surface area contributed by atoms with E-state index in [2.05, 4.69) is 20.8 Å². The van der Waals surface area contributed by atoms with E-state index < -0.39 is 11.6 Å². The van der Waals surface area contributed by atoms with Gasteiger partial charge in [0.15, 0.2) is 0 Å². The lowest BCUT2D eigenvalue weighted by Crippen LogP contribution is -2.50. The zero-order valence-corrected chi connectivity index (χ0v) is 14.1. The van der Waals surface area contributed by atoms with E-state index >= 15 is 0 Å². The number of amides is 1. The molecule has 0 saturated carbocycles. The Kier molecular flexibility index (Phi) is 5.29. The molecule has 21 heavy (non-hydrogen) atoms. The van der Waals surface area contributed by atoms with Crippen molar-refractivity contribution in [3.05, 3.63) is 0 Å². The summed E-state index contributed by atoms with van der Waals surface area (Å²) >= 11 is 0. The first-order valence-electron chi connectivity index (χ1n) is 7.61. The van der Waals surface area contributed by atoms with Crippen molar-refractivity contribution in [3.63, 3.8) is 0 Å². The summed E-state index contributed by atoms with van der Waals surface area (Å²) in [6.07, 6.45) is 1.44. The maximum absolute atomic E-state index is 12.3. The average Bonchev–Trinajstić information content (AvgIpc) is 2.23. The van der Waals surface area contributed by atoms with Crippen LogP contribution in [0.3, 0.4) is 0 Å². The van der Waals surface area contributed by atoms with Gasteiger partial charge in [0.05, 0.1) is 5.92 Å². The number of rotatable bonds is 2. The van der Waals surface area contributed by atoms with Gasteiger partial charge in [-0.25, -0.2) is 4.79 Å². The Bertz CT molecular complexity index is 392. The summed E-state index contributed by atoms with van der Waals surface area (Å²) in [4.78, 5) is 25.3. The predicted octanol–water partition coefficient (Wildman–Crippen LogP) is 3.52. The number of carbonyl (C=O) groups is 2. The zero-order valence-electron chi connectivity index (χ0n) is 14.1. The molecule has 122 valence electrons. The van der Waals surface area contributed by atoms with Crippen molar-refractivity contribution < 1.29 is 19.4 Å². The molecule has 0 aromatic rings.